The first-order valence-corrected chi connectivity index (χ1v) is 4.70. The van der Waals surface area contributed by atoms with Crippen molar-refractivity contribution < 1.29 is 13.2 Å². The molecule has 0 aliphatic rings. The van der Waals surface area contributed by atoms with Crippen molar-refractivity contribution in [1.29, 1.82) is 0 Å². The Morgan fingerprint density at radius 3 is 2.36 bits per heavy atom. The summed E-state index contributed by atoms with van der Waals surface area (Å²) in [6.45, 7) is 1.80. The van der Waals surface area contributed by atoms with E-state index in [1.807, 2.05) is 0 Å². The second kappa shape index (κ2) is 3.90. The molecule has 0 saturated heterocycles. The van der Waals surface area contributed by atoms with E-state index in [2.05, 4.69) is 15.9 Å². The maximum atomic E-state index is 12.2. The predicted molar refractivity (Wildman–Crippen MR) is 51.9 cm³/mol. The summed E-state index contributed by atoms with van der Waals surface area (Å²) in [5.74, 6) is 0. The number of hydrogen-bond acceptors (Lipinski definition) is 1. The normalized spacial score (nSPS) is 14.1. The third-order valence-electron chi connectivity index (χ3n) is 1.91. The summed E-state index contributed by atoms with van der Waals surface area (Å²) in [4.78, 5) is 0. The number of aryl methyl sites for hydroxylation is 1. The highest BCUT2D eigenvalue weighted by molar-refractivity contribution is 9.10. The lowest BCUT2D eigenvalue weighted by atomic mass is 10.1. The first kappa shape index (κ1) is 11.5. The summed E-state index contributed by atoms with van der Waals surface area (Å²) in [6.07, 6.45) is -4.39. The van der Waals surface area contributed by atoms with Crippen molar-refractivity contribution >= 4 is 15.9 Å². The fourth-order valence-electron chi connectivity index (χ4n) is 0.992. The first-order chi connectivity index (χ1) is 6.32. The molecule has 0 spiro atoms. The minimum absolute atomic E-state index is 0.0648. The molecule has 0 fully saturated rings. The van der Waals surface area contributed by atoms with Gasteiger partial charge in [-0.1, -0.05) is 28.1 Å². The summed E-state index contributed by atoms with van der Waals surface area (Å²) in [5, 5.41) is 0. The predicted octanol–water partition coefficient (Wildman–Crippen LogP) is 3.32. The smallest absolute Gasteiger partial charge is 0.316 e. The average Bonchev–Trinajstić information content (AvgIpc) is 2.07. The number of halogens is 4. The van der Waals surface area contributed by atoms with Crippen LogP contribution in [0, 0.1) is 6.92 Å². The lowest BCUT2D eigenvalue weighted by Crippen LogP contribution is -2.28. The van der Waals surface area contributed by atoms with E-state index in [1.165, 1.54) is 12.1 Å². The van der Waals surface area contributed by atoms with Crippen LogP contribution in [0.3, 0.4) is 0 Å². The third kappa shape index (κ3) is 2.48. The van der Waals surface area contributed by atoms with Crippen LogP contribution in [0.15, 0.2) is 22.7 Å². The molecule has 1 nitrogen and oxygen atoms in total. The molecule has 5 heteroatoms. The molecule has 78 valence electrons. The second-order valence-corrected chi connectivity index (χ2v) is 3.88. The molecule has 0 saturated carbocycles. The monoisotopic (exact) mass is 267 g/mol. The molecule has 0 bridgehead atoms. The lowest BCUT2D eigenvalue weighted by molar-refractivity contribution is -0.149. The third-order valence-corrected chi connectivity index (χ3v) is 2.76. The van der Waals surface area contributed by atoms with E-state index in [1.54, 1.807) is 13.0 Å². The molecule has 0 aliphatic heterocycles. The van der Waals surface area contributed by atoms with Crippen molar-refractivity contribution in [2.75, 3.05) is 0 Å². The van der Waals surface area contributed by atoms with Gasteiger partial charge in [0.2, 0.25) is 0 Å². The molecule has 1 rings (SSSR count). The zero-order valence-electron chi connectivity index (χ0n) is 7.40. The Kier molecular flexibility index (Phi) is 3.21. The topological polar surface area (TPSA) is 26.0 Å². The van der Waals surface area contributed by atoms with Crippen molar-refractivity contribution in [3.8, 4) is 0 Å². The maximum absolute atomic E-state index is 12.2. The van der Waals surface area contributed by atoms with Crippen LogP contribution < -0.4 is 5.73 Å². The van der Waals surface area contributed by atoms with Crippen LogP contribution >= 0.6 is 15.9 Å². The molecule has 0 heterocycles. The SMILES string of the molecule is Cc1ccc([C@H](N)C(F)(F)F)cc1Br. The van der Waals surface area contributed by atoms with Crippen LogP contribution in [-0.4, -0.2) is 6.18 Å². The fourth-order valence-corrected chi connectivity index (χ4v) is 1.39. The largest absolute Gasteiger partial charge is 0.407 e. The molecular formula is C9H9BrF3N. The van der Waals surface area contributed by atoms with E-state index in [4.69, 9.17) is 5.73 Å². The van der Waals surface area contributed by atoms with Crippen molar-refractivity contribution in [3.63, 3.8) is 0 Å². The van der Waals surface area contributed by atoms with Gasteiger partial charge in [-0.15, -0.1) is 0 Å². The summed E-state index contributed by atoms with van der Waals surface area (Å²) in [6, 6.07) is 2.47. The summed E-state index contributed by atoms with van der Waals surface area (Å²) < 4.78 is 37.3. The zero-order chi connectivity index (χ0) is 10.9. The Hall–Kier alpha value is -0.550. The van der Waals surface area contributed by atoms with Gasteiger partial charge in [0, 0.05) is 4.47 Å². The van der Waals surface area contributed by atoms with Crippen LogP contribution in [0.2, 0.25) is 0 Å². The van der Waals surface area contributed by atoms with Crippen molar-refractivity contribution in [2.24, 2.45) is 5.73 Å². The number of benzene rings is 1. The molecule has 0 aliphatic carbocycles. The van der Waals surface area contributed by atoms with Gasteiger partial charge in [-0.05, 0) is 24.1 Å². The van der Waals surface area contributed by atoms with Gasteiger partial charge in [0.1, 0.15) is 6.04 Å². The van der Waals surface area contributed by atoms with Crippen molar-refractivity contribution in [1.82, 2.24) is 0 Å². The van der Waals surface area contributed by atoms with E-state index in [0.29, 0.717) is 4.47 Å². The molecule has 0 radical (unpaired) electrons. The minimum atomic E-state index is -4.39. The minimum Gasteiger partial charge on any atom is -0.316 e. The molecule has 1 aromatic rings. The summed E-state index contributed by atoms with van der Waals surface area (Å²) in [7, 11) is 0. The zero-order valence-corrected chi connectivity index (χ0v) is 8.98. The van der Waals surface area contributed by atoms with E-state index >= 15 is 0 Å². The molecule has 1 aromatic carbocycles. The van der Waals surface area contributed by atoms with Crippen LogP contribution in [0.25, 0.3) is 0 Å². The Balaban J connectivity index is 3.03. The van der Waals surface area contributed by atoms with Crippen LogP contribution in [0.1, 0.15) is 17.2 Å². The molecule has 0 aromatic heterocycles. The first-order valence-electron chi connectivity index (χ1n) is 3.90. The lowest BCUT2D eigenvalue weighted by Gasteiger charge is -2.16. The van der Waals surface area contributed by atoms with E-state index < -0.39 is 12.2 Å². The molecule has 2 N–H and O–H groups in total. The maximum Gasteiger partial charge on any atom is 0.407 e. The van der Waals surface area contributed by atoms with Gasteiger partial charge in [0.25, 0.3) is 0 Å². The van der Waals surface area contributed by atoms with Gasteiger partial charge in [0.15, 0.2) is 0 Å². The fraction of sp³-hybridized carbons (Fsp3) is 0.333. The highest BCUT2D eigenvalue weighted by Gasteiger charge is 2.37. The number of hydrogen-bond donors (Lipinski definition) is 1. The van der Waals surface area contributed by atoms with E-state index in [-0.39, 0.29) is 5.56 Å². The number of nitrogens with two attached hydrogens (primary N) is 1. The van der Waals surface area contributed by atoms with Crippen LogP contribution in [0.5, 0.6) is 0 Å². The highest BCUT2D eigenvalue weighted by Crippen LogP contribution is 2.32. The Bertz CT molecular complexity index is 335. The van der Waals surface area contributed by atoms with Gasteiger partial charge in [-0.2, -0.15) is 13.2 Å². The van der Waals surface area contributed by atoms with Crippen molar-refractivity contribution in [3.05, 3.63) is 33.8 Å². The standard InChI is InChI=1S/C9H9BrF3N/c1-5-2-3-6(4-7(5)10)8(14)9(11,12)13/h2-4,8H,14H2,1H3/t8-/m0/s1. The molecular weight excluding hydrogens is 259 g/mol. The number of alkyl halides is 3. The molecule has 14 heavy (non-hydrogen) atoms. The van der Waals surface area contributed by atoms with Gasteiger partial charge in [-0.3, -0.25) is 0 Å². The molecule has 0 amide bonds. The van der Waals surface area contributed by atoms with Gasteiger partial charge in [-0.25, -0.2) is 0 Å². The van der Waals surface area contributed by atoms with Gasteiger partial charge >= 0.3 is 6.18 Å². The Morgan fingerprint density at radius 1 is 1.36 bits per heavy atom. The average molecular weight is 268 g/mol. The Labute approximate surface area is 88.2 Å². The van der Waals surface area contributed by atoms with Crippen LogP contribution in [-0.2, 0) is 0 Å². The Morgan fingerprint density at radius 2 is 1.93 bits per heavy atom. The quantitative estimate of drug-likeness (QED) is 0.830. The summed E-state index contributed by atoms with van der Waals surface area (Å²) >= 11 is 3.16. The van der Waals surface area contributed by atoms with Gasteiger partial charge < -0.3 is 5.73 Å². The van der Waals surface area contributed by atoms with Crippen LogP contribution in [0.4, 0.5) is 13.2 Å². The molecule has 0 unspecified atom stereocenters. The highest BCUT2D eigenvalue weighted by atomic mass is 79.9. The van der Waals surface area contributed by atoms with Crippen molar-refractivity contribution in [2.45, 2.75) is 19.1 Å². The van der Waals surface area contributed by atoms with E-state index in [0.717, 1.165) is 5.56 Å². The van der Waals surface area contributed by atoms with E-state index in [9.17, 15) is 13.2 Å². The molecule has 1 atom stereocenters. The number of rotatable bonds is 1. The summed E-state index contributed by atoms with van der Waals surface area (Å²) in [5.41, 5.74) is 5.99. The van der Waals surface area contributed by atoms with Gasteiger partial charge in [0.05, 0.1) is 0 Å². The second-order valence-electron chi connectivity index (χ2n) is 3.03.